The monoisotopic (exact) mass is 440 g/mol. The molecule has 0 fully saturated rings. The minimum absolute atomic E-state index is 0.632. The molecule has 2 nitrogen and oxygen atoms in total. The highest BCUT2D eigenvalue weighted by Crippen LogP contribution is 2.39. The van der Waals surface area contributed by atoms with Crippen LogP contribution in [0.15, 0.2) is 30.3 Å². The van der Waals surface area contributed by atoms with Crippen LogP contribution >= 0.6 is 27.5 Å². The van der Waals surface area contributed by atoms with Crippen molar-refractivity contribution in [2.24, 2.45) is 0 Å². The molecule has 2 aromatic rings. The second-order valence-electron chi connectivity index (χ2n) is 6.59. The van der Waals surface area contributed by atoms with Gasteiger partial charge in [-0.15, -0.1) is 0 Å². The third-order valence-electron chi connectivity index (χ3n) is 4.44. The van der Waals surface area contributed by atoms with Gasteiger partial charge in [0, 0.05) is 22.2 Å². The number of alkyl halides is 1. The second-order valence-corrected chi connectivity index (χ2v) is 7.79. The number of halogens is 2. The Balaban J connectivity index is 2.02. The van der Waals surface area contributed by atoms with Crippen molar-refractivity contribution in [3.8, 4) is 11.5 Å². The zero-order chi connectivity index (χ0) is 18.6. The van der Waals surface area contributed by atoms with Gasteiger partial charge in [-0.05, 0) is 25.7 Å². The molecular formula is C22H30BrClO2. The largest absolute Gasteiger partial charge is 0.493 e. The van der Waals surface area contributed by atoms with Crippen LogP contribution in [-0.2, 0) is 0 Å². The molecule has 0 saturated carbocycles. The van der Waals surface area contributed by atoms with E-state index >= 15 is 0 Å². The van der Waals surface area contributed by atoms with E-state index < -0.39 is 0 Å². The van der Waals surface area contributed by atoms with E-state index in [1.54, 1.807) is 0 Å². The number of benzene rings is 2. The first kappa shape index (κ1) is 21.4. The molecule has 0 aliphatic rings. The second kappa shape index (κ2) is 12.5. The lowest BCUT2D eigenvalue weighted by atomic mass is 10.1. The van der Waals surface area contributed by atoms with Gasteiger partial charge in [0.1, 0.15) is 11.5 Å². The third kappa shape index (κ3) is 6.66. The molecule has 2 aromatic carbocycles. The molecular weight excluding hydrogens is 412 g/mol. The molecule has 0 aliphatic carbocycles. The average molecular weight is 442 g/mol. The Morgan fingerprint density at radius 2 is 1.50 bits per heavy atom. The highest BCUT2D eigenvalue weighted by molar-refractivity contribution is 9.09. The Morgan fingerprint density at radius 3 is 2.23 bits per heavy atom. The van der Waals surface area contributed by atoms with E-state index in [9.17, 15) is 0 Å². The maximum absolute atomic E-state index is 6.52. The summed E-state index contributed by atoms with van der Waals surface area (Å²) in [6.07, 6.45) is 9.49. The lowest BCUT2D eigenvalue weighted by molar-refractivity contribution is 0.302. The van der Waals surface area contributed by atoms with Crippen molar-refractivity contribution < 1.29 is 9.47 Å². The molecule has 0 N–H and O–H groups in total. The Kier molecular flexibility index (Phi) is 10.2. The van der Waals surface area contributed by atoms with Gasteiger partial charge in [0.25, 0.3) is 0 Å². The standard InChI is InChI=1S/C22H30BrClO2/c1-2-3-4-5-10-16-26-22-19-13-8-7-12-18(19)21(17-20(22)24)25-15-11-6-9-14-23/h7-8,12-13,17H,2-6,9-11,14-16H2,1H3. The minimum atomic E-state index is 0.632. The Labute approximate surface area is 171 Å². The van der Waals surface area contributed by atoms with Crippen LogP contribution in [-0.4, -0.2) is 18.5 Å². The molecule has 0 unspecified atom stereocenters. The quantitative estimate of drug-likeness (QED) is 0.233. The smallest absolute Gasteiger partial charge is 0.145 e. The van der Waals surface area contributed by atoms with Crippen LogP contribution in [0.5, 0.6) is 11.5 Å². The first-order valence-corrected chi connectivity index (χ1v) is 11.3. The topological polar surface area (TPSA) is 18.5 Å². The van der Waals surface area contributed by atoms with E-state index in [1.165, 1.54) is 32.1 Å². The van der Waals surface area contributed by atoms with Crippen molar-refractivity contribution in [2.75, 3.05) is 18.5 Å². The fourth-order valence-electron chi connectivity index (χ4n) is 2.98. The molecule has 0 atom stereocenters. The molecule has 144 valence electrons. The van der Waals surface area contributed by atoms with Crippen molar-refractivity contribution in [3.05, 3.63) is 35.4 Å². The summed E-state index contributed by atoms with van der Waals surface area (Å²) in [4.78, 5) is 0. The van der Waals surface area contributed by atoms with Gasteiger partial charge in [0.15, 0.2) is 0 Å². The van der Waals surface area contributed by atoms with Gasteiger partial charge in [-0.1, -0.05) is 84.4 Å². The summed E-state index contributed by atoms with van der Waals surface area (Å²) in [5.41, 5.74) is 0. The molecule has 0 radical (unpaired) electrons. The van der Waals surface area contributed by atoms with E-state index in [1.807, 2.05) is 18.2 Å². The predicted octanol–water partition coefficient (Wildman–Crippen LogP) is 7.79. The van der Waals surface area contributed by atoms with Gasteiger partial charge in [0.05, 0.1) is 18.2 Å². The molecule has 2 rings (SSSR count). The number of hydrogen-bond acceptors (Lipinski definition) is 2. The number of hydrogen-bond donors (Lipinski definition) is 0. The van der Waals surface area contributed by atoms with E-state index in [0.29, 0.717) is 18.2 Å². The zero-order valence-electron chi connectivity index (χ0n) is 15.7. The van der Waals surface area contributed by atoms with Gasteiger partial charge in [-0.3, -0.25) is 0 Å². The third-order valence-corrected chi connectivity index (χ3v) is 5.28. The van der Waals surface area contributed by atoms with E-state index in [0.717, 1.165) is 46.9 Å². The van der Waals surface area contributed by atoms with Crippen molar-refractivity contribution >= 4 is 38.3 Å². The average Bonchev–Trinajstić information content (AvgIpc) is 2.66. The number of unbranched alkanes of at least 4 members (excludes halogenated alkanes) is 6. The maximum Gasteiger partial charge on any atom is 0.145 e. The van der Waals surface area contributed by atoms with Crippen LogP contribution < -0.4 is 9.47 Å². The summed E-state index contributed by atoms with van der Waals surface area (Å²) in [6.45, 7) is 3.65. The van der Waals surface area contributed by atoms with Gasteiger partial charge >= 0.3 is 0 Å². The van der Waals surface area contributed by atoms with Crippen LogP contribution in [0.1, 0.15) is 58.3 Å². The maximum atomic E-state index is 6.52. The fraction of sp³-hybridized carbons (Fsp3) is 0.545. The summed E-state index contributed by atoms with van der Waals surface area (Å²) in [5.74, 6) is 1.63. The van der Waals surface area contributed by atoms with E-state index in [4.69, 9.17) is 21.1 Å². The predicted molar refractivity (Wildman–Crippen MR) is 116 cm³/mol. The summed E-state index contributed by atoms with van der Waals surface area (Å²) in [6, 6.07) is 10.1. The summed E-state index contributed by atoms with van der Waals surface area (Å²) >= 11 is 9.98. The lowest BCUT2D eigenvalue weighted by Gasteiger charge is -2.15. The zero-order valence-corrected chi connectivity index (χ0v) is 18.1. The van der Waals surface area contributed by atoms with Crippen LogP contribution in [0, 0.1) is 0 Å². The van der Waals surface area contributed by atoms with Gasteiger partial charge in [-0.2, -0.15) is 0 Å². The molecule has 0 spiro atoms. The van der Waals surface area contributed by atoms with Crippen molar-refractivity contribution in [1.29, 1.82) is 0 Å². The molecule has 0 heterocycles. The molecule has 4 heteroatoms. The van der Waals surface area contributed by atoms with Gasteiger partial charge in [0.2, 0.25) is 0 Å². The Bertz CT molecular complexity index is 660. The van der Waals surface area contributed by atoms with Crippen molar-refractivity contribution in [2.45, 2.75) is 58.3 Å². The number of ether oxygens (including phenoxy) is 2. The normalized spacial score (nSPS) is 11.0. The number of fused-ring (bicyclic) bond motifs is 1. The summed E-state index contributed by atoms with van der Waals surface area (Å²) < 4.78 is 12.1. The van der Waals surface area contributed by atoms with Crippen LogP contribution in [0.3, 0.4) is 0 Å². The molecule has 0 aromatic heterocycles. The molecule has 0 bridgehead atoms. The van der Waals surface area contributed by atoms with E-state index in [2.05, 4.69) is 35.0 Å². The first-order valence-electron chi connectivity index (χ1n) is 9.80. The van der Waals surface area contributed by atoms with E-state index in [-0.39, 0.29) is 0 Å². The van der Waals surface area contributed by atoms with Crippen molar-refractivity contribution in [3.63, 3.8) is 0 Å². The SMILES string of the molecule is CCCCCCCOc1c(Cl)cc(OCCCCCBr)c2ccccc12. The Morgan fingerprint density at radius 1 is 0.846 bits per heavy atom. The van der Waals surface area contributed by atoms with Crippen molar-refractivity contribution in [1.82, 2.24) is 0 Å². The van der Waals surface area contributed by atoms with Gasteiger partial charge < -0.3 is 9.47 Å². The molecule has 0 aliphatic heterocycles. The summed E-state index contributed by atoms with van der Waals surface area (Å²) in [7, 11) is 0. The molecule has 0 amide bonds. The van der Waals surface area contributed by atoms with Crippen LogP contribution in [0.4, 0.5) is 0 Å². The van der Waals surface area contributed by atoms with Crippen LogP contribution in [0.25, 0.3) is 10.8 Å². The number of rotatable bonds is 13. The first-order chi connectivity index (χ1) is 12.8. The molecule has 26 heavy (non-hydrogen) atoms. The van der Waals surface area contributed by atoms with Crippen LogP contribution in [0.2, 0.25) is 5.02 Å². The summed E-state index contributed by atoms with van der Waals surface area (Å²) in [5, 5.41) is 3.78. The Hall–Kier alpha value is -0.930. The minimum Gasteiger partial charge on any atom is -0.493 e. The highest BCUT2D eigenvalue weighted by Gasteiger charge is 2.13. The lowest BCUT2D eigenvalue weighted by Crippen LogP contribution is -2.01. The fourth-order valence-corrected chi connectivity index (χ4v) is 3.64. The molecule has 0 saturated heterocycles. The highest BCUT2D eigenvalue weighted by atomic mass is 79.9. The van der Waals surface area contributed by atoms with Gasteiger partial charge in [-0.25, -0.2) is 0 Å².